The molecule has 2 aromatic rings. The highest BCUT2D eigenvalue weighted by Crippen LogP contribution is 2.35. The number of nitrogens with zero attached hydrogens (tertiary/aromatic N) is 1. The van der Waals surface area contributed by atoms with Gasteiger partial charge in [-0.2, -0.15) is 0 Å². The molecule has 0 unspecified atom stereocenters. The predicted octanol–water partition coefficient (Wildman–Crippen LogP) is 2.15. The number of rotatable bonds is 3. The Morgan fingerprint density at radius 2 is 1.82 bits per heavy atom. The molecular formula is C20H16F2N2O4. The molecule has 144 valence electrons. The predicted molar refractivity (Wildman–Crippen MR) is 93.7 cm³/mol. The Morgan fingerprint density at radius 3 is 2.50 bits per heavy atom. The molecule has 2 atom stereocenters. The minimum absolute atomic E-state index is 0.0176. The lowest BCUT2D eigenvalue weighted by Crippen LogP contribution is -2.30. The summed E-state index contributed by atoms with van der Waals surface area (Å²) in [6.45, 7) is 0.163. The normalized spacial score (nSPS) is 20.8. The summed E-state index contributed by atoms with van der Waals surface area (Å²) in [5.41, 5.74) is 1.52. The molecule has 2 aromatic carbocycles. The van der Waals surface area contributed by atoms with Crippen LogP contribution >= 0.6 is 0 Å². The molecule has 2 N–H and O–H groups in total. The number of carboxylic acids is 1. The lowest BCUT2D eigenvalue weighted by Gasteiger charge is -2.18. The van der Waals surface area contributed by atoms with Crippen LogP contribution in [0.3, 0.4) is 0 Å². The number of nitrogens with one attached hydrogen (secondary N) is 1. The van der Waals surface area contributed by atoms with E-state index < -0.39 is 35.3 Å². The van der Waals surface area contributed by atoms with E-state index in [1.807, 2.05) is 0 Å². The van der Waals surface area contributed by atoms with Crippen molar-refractivity contribution < 1.29 is 28.3 Å². The number of hydrogen-bond acceptors (Lipinski definition) is 3. The van der Waals surface area contributed by atoms with E-state index in [0.29, 0.717) is 22.8 Å². The van der Waals surface area contributed by atoms with Crippen LogP contribution in [0.15, 0.2) is 36.4 Å². The number of carboxylic acid groups (broad SMARTS) is 1. The standard InChI is InChI=1S/C20H16F2N2O4/c21-11-4-10(5-12(22)6-11)16-8-24(9-17(16)20(27)28)19(26)14-3-1-2-13-15(14)7-23-18(13)25/h1-6,16-17H,7-9H2,(H,23,25)(H,27,28)/t16-,17+/m0/s1. The Morgan fingerprint density at radius 1 is 1.11 bits per heavy atom. The first-order chi connectivity index (χ1) is 13.3. The van der Waals surface area contributed by atoms with E-state index in [1.165, 1.54) is 4.90 Å². The third kappa shape index (κ3) is 3.00. The summed E-state index contributed by atoms with van der Waals surface area (Å²) in [7, 11) is 0. The van der Waals surface area contributed by atoms with Crippen molar-refractivity contribution >= 4 is 17.8 Å². The number of hydrogen-bond donors (Lipinski definition) is 2. The van der Waals surface area contributed by atoms with E-state index in [1.54, 1.807) is 18.2 Å². The fourth-order valence-electron chi connectivity index (χ4n) is 3.97. The molecule has 0 aliphatic carbocycles. The van der Waals surface area contributed by atoms with E-state index >= 15 is 0 Å². The van der Waals surface area contributed by atoms with Crippen LogP contribution in [-0.2, 0) is 11.3 Å². The van der Waals surface area contributed by atoms with E-state index in [-0.39, 0.29) is 31.1 Å². The molecule has 2 aliphatic rings. The van der Waals surface area contributed by atoms with Gasteiger partial charge in [0.05, 0.1) is 5.92 Å². The highest BCUT2D eigenvalue weighted by atomic mass is 19.1. The highest BCUT2D eigenvalue weighted by molar-refractivity contribution is 6.04. The van der Waals surface area contributed by atoms with Gasteiger partial charge < -0.3 is 15.3 Å². The molecular weight excluding hydrogens is 370 g/mol. The van der Waals surface area contributed by atoms with Gasteiger partial charge in [-0.1, -0.05) is 6.07 Å². The van der Waals surface area contributed by atoms with Crippen LogP contribution in [0.4, 0.5) is 8.78 Å². The van der Waals surface area contributed by atoms with Gasteiger partial charge in [0.25, 0.3) is 11.8 Å². The molecule has 6 nitrogen and oxygen atoms in total. The van der Waals surface area contributed by atoms with Crippen molar-refractivity contribution in [3.63, 3.8) is 0 Å². The van der Waals surface area contributed by atoms with Gasteiger partial charge >= 0.3 is 5.97 Å². The van der Waals surface area contributed by atoms with Gasteiger partial charge in [0.2, 0.25) is 0 Å². The lowest BCUT2D eigenvalue weighted by molar-refractivity contribution is -0.141. The van der Waals surface area contributed by atoms with Crippen molar-refractivity contribution in [1.29, 1.82) is 0 Å². The third-order valence-electron chi connectivity index (χ3n) is 5.31. The number of aliphatic carboxylic acids is 1. The number of benzene rings is 2. The maximum absolute atomic E-state index is 13.6. The Balaban J connectivity index is 1.66. The fraction of sp³-hybridized carbons (Fsp3) is 0.250. The Labute approximate surface area is 158 Å². The van der Waals surface area contributed by atoms with Gasteiger partial charge in [-0.15, -0.1) is 0 Å². The summed E-state index contributed by atoms with van der Waals surface area (Å²) < 4.78 is 27.2. The van der Waals surface area contributed by atoms with Crippen molar-refractivity contribution in [3.8, 4) is 0 Å². The average Bonchev–Trinajstić information content (AvgIpc) is 3.25. The smallest absolute Gasteiger partial charge is 0.308 e. The van der Waals surface area contributed by atoms with Gasteiger partial charge in [-0.05, 0) is 35.4 Å². The quantitative estimate of drug-likeness (QED) is 0.846. The van der Waals surface area contributed by atoms with E-state index in [4.69, 9.17) is 0 Å². The number of amides is 2. The first kappa shape index (κ1) is 18.1. The second kappa shape index (κ2) is 6.70. The second-order valence-corrected chi connectivity index (χ2v) is 6.98. The van der Waals surface area contributed by atoms with Gasteiger partial charge in [0, 0.05) is 42.7 Å². The van der Waals surface area contributed by atoms with Crippen LogP contribution in [0.25, 0.3) is 0 Å². The molecule has 8 heteroatoms. The van der Waals surface area contributed by atoms with Crippen molar-refractivity contribution in [2.75, 3.05) is 13.1 Å². The van der Waals surface area contributed by atoms with Crippen molar-refractivity contribution in [3.05, 3.63) is 70.3 Å². The molecule has 0 aromatic heterocycles. The lowest BCUT2D eigenvalue weighted by atomic mass is 9.89. The number of halogens is 2. The maximum Gasteiger partial charge on any atom is 0.308 e. The largest absolute Gasteiger partial charge is 0.481 e. The molecule has 28 heavy (non-hydrogen) atoms. The molecule has 2 aliphatic heterocycles. The van der Waals surface area contributed by atoms with E-state index in [9.17, 15) is 28.3 Å². The van der Waals surface area contributed by atoms with Crippen LogP contribution < -0.4 is 5.32 Å². The SMILES string of the molecule is O=C1NCc2c1cccc2C(=O)N1C[C@@H](C(=O)O)[C@H](c2cc(F)cc(F)c2)C1. The summed E-state index contributed by atoms with van der Waals surface area (Å²) in [5.74, 6) is -5.12. The van der Waals surface area contributed by atoms with Crippen molar-refractivity contribution in [2.24, 2.45) is 5.92 Å². The summed E-state index contributed by atoms with van der Waals surface area (Å²) in [5, 5.41) is 12.2. The molecule has 0 spiro atoms. The number of carbonyl (C=O) groups excluding carboxylic acids is 2. The zero-order chi connectivity index (χ0) is 20.0. The summed E-state index contributed by atoms with van der Waals surface area (Å²) in [6.07, 6.45) is 0. The number of likely N-dealkylation sites (tertiary alicyclic amines) is 1. The molecule has 2 amide bonds. The zero-order valence-corrected chi connectivity index (χ0v) is 14.6. The first-order valence-corrected chi connectivity index (χ1v) is 8.73. The molecule has 0 saturated carbocycles. The van der Waals surface area contributed by atoms with Crippen molar-refractivity contribution in [2.45, 2.75) is 12.5 Å². The maximum atomic E-state index is 13.6. The Kier molecular flexibility index (Phi) is 4.33. The highest BCUT2D eigenvalue weighted by Gasteiger charge is 2.41. The number of fused-ring (bicyclic) bond motifs is 1. The molecule has 4 rings (SSSR count). The molecule has 0 radical (unpaired) electrons. The van der Waals surface area contributed by atoms with Crippen molar-refractivity contribution in [1.82, 2.24) is 10.2 Å². The average molecular weight is 386 g/mol. The van der Waals surface area contributed by atoms with Crippen LogP contribution in [0.1, 0.15) is 37.8 Å². The van der Waals surface area contributed by atoms with Gasteiger partial charge in [-0.3, -0.25) is 14.4 Å². The second-order valence-electron chi connectivity index (χ2n) is 6.98. The summed E-state index contributed by atoms with van der Waals surface area (Å²) in [6, 6.07) is 7.72. The van der Waals surface area contributed by atoms with Crippen LogP contribution in [0.2, 0.25) is 0 Å². The van der Waals surface area contributed by atoms with Crippen LogP contribution in [0, 0.1) is 17.6 Å². The van der Waals surface area contributed by atoms with Gasteiger partial charge in [0.15, 0.2) is 0 Å². The van der Waals surface area contributed by atoms with Crippen LogP contribution in [-0.4, -0.2) is 40.9 Å². The van der Waals surface area contributed by atoms with Gasteiger partial charge in [-0.25, -0.2) is 8.78 Å². The molecule has 0 bridgehead atoms. The monoisotopic (exact) mass is 386 g/mol. The zero-order valence-electron chi connectivity index (χ0n) is 14.6. The van der Waals surface area contributed by atoms with Gasteiger partial charge in [0.1, 0.15) is 11.6 Å². The molecule has 1 saturated heterocycles. The van der Waals surface area contributed by atoms with Crippen LogP contribution in [0.5, 0.6) is 0 Å². The fourth-order valence-corrected chi connectivity index (χ4v) is 3.97. The minimum Gasteiger partial charge on any atom is -0.481 e. The Hall–Kier alpha value is -3.29. The summed E-state index contributed by atoms with van der Waals surface area (Å²) in [4.78, 5) is 37.9. The molecule has 1 fully saturated rings. The van der Waals surface area contributed by atoms with E-state index in [2.05, 4.69) is 5.32 Å². The molecule has 2 heterocycles. The van der Waals surface area contributed by atoms with E-state index in [0.717, 1.165) is 12.1 Å². The topological polar surface area (TPSA) is 86.7 Å². The first-order valence-electron chi connectivity index (χ1n) is 8.73. The minimum atomic E-state index is -1.14. The Bertz CT molecular complexity index is 987. The number of carbonyl (C=O) groups is 3. The third-order valence-corrected chi connectivity index (χ3v) is 5.31. The summed E-state index contributed by atoms with van der Waals surface area (Å²) >= 11 is 0.